The van der Waals surface area contributed by atoms with Gasteiger partial charge in [0.2, 0.25) is 0 Å². The number of Topliss-reactive ketones (excluding diaryl/α,β-unsaturated/α-hetero) is 1. The first-order valence-electron chi connectivity index (χ1n) is 6.09. The smallest absolute Gasteiger partial charge is 0.321 e. The van der Waals surface area contributed by atoms with Crippen LogP contribution in [0.1, 0.15) is 17.3 Å². The molecule has 1 aromatic carbocycles. The highest BCUT2D eigenvalue weighted by atomic mass is 19.4. The first kappa shape index (κ1) is 19.8. The number of halogens is 8. The Bertz CT molecular complexity index is 627. The molecule has 0 bridgehead atoms. The van der Waals surface area contributed by atoms with E-state index in [1.807, 2.05) is 0 Å². The summed E-state index contributed by atoms with van der Waals surface area (Å²) in [6.45, 7) is 1.16. The van der Waals surface area contributed by atoms with Crippen LogP contribution in [-0.4, -0.2) is 35.9 Å². The third kappa shape index (κ3) is 3.34. The van der Waals surface area contributed by atoms with Crippen molar-refractivity contribution in [1.82, 2.24) is 0 Å². The molecule has 1 aromatic rings. The summed E-state index contributed by atoms with van der Waals surface area (Å²) in [7, 11) is 0. The maximum atomic E-state index is 13.3. The molecule has 0 unspecified atom stereocenters. The van der Waals surface area contributed by atoms with E-state index in [1.165, 1.54) is 5.32 Å². The molecule has 0 aliphatic carbocycles. The number of rotatable bonds is 6. The largest absolute Gasteiger partial charge is 0.393 e. The molecule has 24 heavy (non-hydrogen) atoms. The van der Waals surface area contributed by atoms with Crippen LogP contribution in [0.15, 0.2) is 24.3 Å². The zero-order chi connectivity index (χ0) is 18.9. The number of ketones is 1. The van der Waals surface area contributed by atoms with Crippen LogP contribution in [0.5, 0.6) is 0 Å². The molecule has 0 aliphatic rings. The quantitative estimate of drug-likeness (QED) is 0.614. The molecular weight excluding hydrogens is 354 g/mol. The predicted molar refractivity (Wildman–Crippen MR) is 65.9 cm³/mol. The lowest BCUT2D eigenvalue weighted by Crippen LogP contribution is -2.61. The molecule has 1 rings (SSSR count). The Morgan fingerprint density at radius 1 is 0.958 bits per heavy atom. The Morgan fingerprint density at radius 3 is 1.79 bits per heavy atom. The van der Waals surface area contributed by atoms with Gasteiger partial charge in [-0.2, -0.15) is 26.3 Å². The standard InChI is InChI=1S/C13H9F8NO2/c1-6(23)7-2-4-8(5-3-7)22-10(24)12(18,19)13(20,21)11(16,17)9(14)15/h2-5,9H,1H3,(H,22,24). The number of hydrogen-bond donors (Lipinski definition) is 1. The highest BCUT2D eigenvalue weighted by molar-refractivity contribution is 5.98. The average Bonchev–Trinajstić information content (AvgIpc) is 2.46. The van der Waals surface area contributed by atoms with E-state index >= 15 is 0 Å². The summed E-state index contributed by atoms with van der Waals surface area (Å²) in [5, 5.41) is 1.21. The second kappa shape index (κ2) is 6.36. The lowest BCUT2D eigenvalue weighted by molar-refractivity contribution is -0.326. The van der Waals surface area contributed by atoms with Crippen LogP contribution in [0, 0.1) is 0 Å². The Kier molecular flexibility index (Phi) is 5.26. The molecule has 0 atom stereocenters. The number of benzene rings is 1. The maximum Gasteiger partial charge on any atom is 0.393 e. The average molecular weight is 363 g/mol. The minimum absolute atomic E-state index is 0.0920. The summed E-state index contributed by atoms with van der Waals surface area (Å²) in [6, 6.07) is 3.83. The van der Waals surface area contributed by atoms with E-state index in [4.69, 9.17) is 0 Å². The van der Waals surface area contributed by atoms with E-state index in [0.717, 1.165) is 31.2 Å². The van der Waals surface area contributed by atoms with Crippen LogP contribution >= 0.6 is 0 Å². The lowest BCUT2D eigenvalue weighted by atomic mass is 10.0. The molecule has 11 heteroatoms. The highest BCUT2D eigenvalue weighted by Gasteiger charge is 2.78. The van der Waals surface area contributed by atoms with E-state index < -0.39 is 41.6 Å². The molecular formula is C13H9F8NO2. The topological polar surface area (TPSA) is 46.2 Å². The van der Waals surface area contributed by atoms with Crippen LogP contribution in [0.2, 0.25) is 0 Å². The van der Waals surface area contributed by atoms with Crippen molar-refractivity contribution >= 4 is 17.4 Å². The molecule has 0 radical (unpaired) electrons. The molecule has 1 amide bonds. The van der Waals surface area contributed by atoms with Gasteiger partial charge in [-0.05, 0) is 31.2 Å². The van der Waals surface area contributed by atoms with Gasteiger partial charge in [-0.1, -0.05) is 0 Å². The molecule has 0 saturated carbocycles. The first-order valence-corrected chi connectivity index (χ1v) is 6.09. The molecule has 1 N–H and O–H groups in total. The molecule has 0 aromatic heterocycles. The van der Waals surface area contributed by atoms with E-state index in [9.17, 15) is 44.7 Å². The van der Waals surface area contributed by atoms with Gasteiger partial charge in [0.15, 0.2) is 5.78 Å². The summed E-state index contributed by atoms with van der Waals surface area (Å²) < 4.78 is 102. The van der Waals surface area contributed by atoms with Crippen molar-refractivity contribution in [1.29, 1.82) is 0 Å². The van der Waals surface area contributed by atoms with Gasteiger partial charge in [0.1, 0.15) is 0 Å². The zero-order valence-corrected chi connectivity index (χ0v) is 11.7. The van der Waals surface area contributed by atoms with E-state index in [-0.39, 0.29) is 5.56 Å². The monoisotopic (exact) mass is 363 g/mol. The van der Waals surface area contributed by atoms with Gasteiger partial charge in [0.05, 0.1) is 0 Å². The summed E-state index contributed by atoms with van der Waals surface area (Å²) in [5.41, 5.74) is -0.435. The van der Waals surface area contributed by atoms with Crippen molar-refractivity contribution in [3.63, 3.8) is 0 Å². The SMILES string of the molecule is CC(=O)c1ccc(NC(=O)C(F)(F)C(F)(F)C(F)(F)C(F)F)cc1. The Labute approximate surface area is 129 Å². The zero-order valence-electron chi connectivity index (χ0n) is 11.7. The normalized spacial score (nSPS) is 13.1. The lowest BCUT2D eigenvalue weighted by Gasteiger charge is -2.31. The van der Waals surface area contributed by atoms with Crippen LogP contribution in [0.3, 0.4) is 0 Å². The predicted octanol–water partition coefficient (Wildman–Crippen LogP) is 4.00. The molecule has 0 saturated heterocycles. The van der Waals surface area contributed by atoms with Crippen molar-refractivity contribution < 1.29 is 44.7 Å². The number of anilines is 1. The molecule has 134 valence electrons. The highest BCUT2D eigenvalue weighted by Crippen LogP contribution is 2.48. The van der Waals surface area contributed by atoms with Gasteiger partial charge < -0.3 is 5.32 Å². The molecule has 0 spiro atoms. The summed E-state index contributed by atoms with van der Waals surface area (Å²) >= 11 is 0. The van der Waals surface area contributed by atoms with Crippen molar-refractivity contribution in [2.24, 2.45) is 0 Å². The molecule has 0 fully saturated rings. The second-order valence-electron chi connectivity index (χ2n) is 4.66. The van der Waals surface area contributed by atoms with Crippen molar-refractivity contribution in [2.75, 3.05) is 5.32 Å². The third-order valence-electron chi connectivity index (χ3n) is 2.92. The van der Waals surface area contributed by atoms with E-state index in [0.29, 0.717) is 0 Å². The van der Waals surface area contributed by atoms with Crippen LogP contribution < -0.4 is 5.32 Å². The fraction of sp³-hybridized carbons (Fsp3) is 0.385. The molecule has 0 heterocycles. The maximum absolute atomic E-state index is 13.3. The van der Waals surface area contributed by atoms with Gasteiger partial charge in [-0.15, -0.1) is 0 Å². The minimum Gasteiger partial charge on any atom is -0.321 e. The van der Waals surface area contributed by atoms with Gasteiger partial charge >= 0.3 is 30.1 Å². The van der Waals surface area contributed by atoms with Crippen LogP contribution in [0.4, 0.5) is 40.8 Å². The van der Waals surface area contributed by atoms with E-state index in [2.05, 4.69) is 0 Å². The molecule has 3 nitrogen and oxygen atoms in total. The summed E-state index contributed by atoms with van der Waals surface area (Å²) in [6.07, 6.45) is -5.11. The Balaban J connectivity index is 3.05. The van der Waals surface area contributed by atoms with Gasteiger partial charge in [0, 0.05) is 11.3 Å². The van der Waals surface area contributed by atoms with E-state index in [1.54, 1.807) is 0 Å². The number of amides is 1. The fourth-order valence-electron chi connectivity index (χ4n) is 1.49. The number of nitrogens with one attached hydrogen (secondary N) is 1. The fourth-order valence-corrected chi connectivity index (χ4v) is 1.49. The number of carbonyl (C=O) groups is 2. The number of alkyl halides is 8. The van der Waals surface area contributed by atoms with Crippen molar-refractivity contribution in [2.45, 2.75) is 31.1 Å². The van der Waals surface area contributed by atoms with Gasteiger partial charge in [-0.25, -0.2) is 8.78 Å². The summed E-state index contributed by atoms with van der Waals surface area (Å²) in [5.74, 6) is -22.5. The number of carbonyl (C=O) groups excluding carboxylic acids is 2. The Hall–Kier alpha value is -2.20. The first-order chi connectivity index (χ1) is 10.7. The van der Waals surface area contributed by atoms with Gasteiger partial charge in [-0.3, -0.25) is 9.59 Å². The minimum atomic E-state index is -6.63. The second-order valence-corrected chi connectivity index (χ2v) is 4.66. The Morgan fingerprint density at radius 2 is 1.42 bits per heavy atom. The van der Waals surface area contributed by atoms with Crippen LogP contribution in [0.25, 0.3) is 0 Å². The van der Waals surface area contributed by atoms with Crippen molar-refractivity contribution in [3.8, 4) is 0 Å². The summed E-state index contributed by atoms with van der Waals surface area (Å²) in [4.78, 5) is 22.2. The third-order valence-corrected chi connectivity index (χ3v) is 2.92. The molecule has 0 aliphatic heterocycles. The van der Waals surface area contributed by atoms with Crippen LogP contribution in [-0.2, 0) is 4.79 Å². The number of hydrogen-bond acceptors (Lipinski definition) is 2. The van der Waals surface area contributed by atoms with Crippen molar-refractivity contribution in [3.05, 3.63) is 29.8 Å². The van der Waals surface area contributed by atoms with Gasteiger partial charge in [0.25, 0.3) is 0 Å².